The molecule has 0 bridgehead atoms. The van der Waals surface area contributed by atoms with Crippen LogP contribution in [-0.4, -0.2) is 10.9 Å². The zero-order valence-electron chi connectivity index (χ0n) is 10.6. The Morgan fingerprint density at radius 3 is 2.32 bits per heavy atom. The van der Waals surface area contributed by atoms with E-state index >= 15 is 0 Å². The molecule has 2 aromatic carbocycles. The Hall–Kier alpha value is -1.74. The molecule has 0 radical (unpaired) electrons. The van der Waals surface area contributed by atoms with Crippen LogP contribution in [0.1, 0.15) is 18.0 Å². The molecule has 1 aliphatic heterocycles. The molecule has 96 valence electrons. The van der Waals surface area contributed by atoms with Crippen LogP contribution < -0.4 is 5.73 Å². The lowest BCUT2D eigenvalue weighted by molar-refractivity contribution is 0.704. The monoisotopic (exact) mass is 268 g/mol. The second kappa shape index (κ2) is 5.49. The zero-order chi connectivity index (χ0) is 13.1. The van der Waals surface area contributed by atoms with Gasteiger partial charge in [-0.3, -0.25) is 4.99 Å². The molecule has 0 aliphatic carbocycles. The van der Waals surface area contributed by atoms with E-state index < -0.39 is 0 Å². The number of nitrogens with two attached hydrogens (primary N) is 1. The average molecular weight is 268 g/mol. The van der Waals surface area contributed by atoms with Crippen molar-refractivity contribution in [3.05, 3.63) is 60.2 Å². The van der Waals surface area contributed by atoms with E-state index in [1.807, 2.05) is 6.07 Å². The second-order valence-electron chi connectivity index (χ2n) is 4.61. The van der Waals surface area contributed by atoms with Crippen LogP contribution >= 0.6 is 11.8 Å². The summed E-state index contributed by atoms with van der Waals surface area (Å²) in [7, 11) is 0. The van der Waals surface area contributed by atoms with Crippen LogP contribution in [0.5, 0.6) is 0 Å². The lowest BCUT2D eigenvalue weighted by Crippen LogP contribution is -2.15. The van der Waals surface area contributed by atoms with Crippen LogP contribution in [0.3, 0.4) is 0 Å². The van der Waals surface area contributed by atoms with Gasteiger partial charge in [-0.25, -0.2) is 0 Å². The highest BCUT2D eigenvalue weighted by atomic mass is 32.2. The number of thioether (sulfide) groups is 1. The predicted octanol–water partition coefficient (Wildman–Crippen LogP) is 3.85. The maximum Gasteiger partial charge on any atom is 0.154 e. The van der Waals surface area contributed by atoms with Gasteiger partial charge in [0.1, 0.15) is 0 Å². The molecular formula is C16H16N2S. The smallest absolute Gasteiger partial charge is 0.154 e. The molecule has 3 rings (SSSR count). The number of hydrogen-bond donors (Lipinski definition) is 1. The Kier molecular flexibility index (Phi) is 3.56. The summed E-state index contributed by atoms with van der Waals surface area (Å²) < 4.78 is 0. The Labute approximate surface area is 117 Å². The van der Waals surface area contributed by atoms with Crippen LogP contribution in [-0.2, 0) is 0 Å². The van der Waals surface area contributed by atoms with Gasteiger partial charge in [0.15, 0.2) is 5.17 Å². The highest BCUT2D eigenvalue weighted by Gasteiger charge is 2.15. The maximum absolute atomic E-state index is 5.80. The number of amidine groups is 1. The van der Waals surface area contributed by atoms with Crippen molar-refractivity contribution >= 4 is 16.9 Å². The first-order valence-electron chi connectivity index (χ1n) is 6.44. The Bertz CT molecular complexity index is 575. The summed E-state index contributed by atoms with van der Waals surface area (Å²) in [4.78, 5) is 4.51. The quantitative estimate of drug-likeness (QED) is 0.898. The Morgan fingerprint density at radius 1 is 0.947 bits per heavy atom. The van der Waals surface area contributed by atoms with Gasteiger partial charge in [-0.1, -0.05) is 66.4 Å². The minimum Gasteiger partial charge on any atom is -0.379 e. The first-order valence-corrected chi connectivity index (χ1v) is 7.43. The molecular weight excluding hydrogens is 252 g/mol. The van der Waals surface area contributed by atoms with E-state index in [1.165, 1.54) is 16.7 Å². The molecule has 1 aliphatic rings. The highest BCUT2D eigenvalue weighted by molar-refractivity contribution is 8.13. The Morgan fingerprint density at radius 2 is 1.63 bits per heavy atom. The van der Waals surface area contributed by atoms with Gasteiger partial charge in [0, 0.05) is 5.75 Å². The summed E-state index contributed by atoms with van der Waals surface area (Å²) in [5, 5.41) is 0.711. The van der Waals surface area contributed by atoms with Gasteiger partial charge in [0.2, 0.25) is 0 Å². The van der Waals surface area contributed by atoms with Crippen LogP contribution in [0.2, 0.25) is 0 Å². The van der Waals surface area contributed by atoms with Crippen molar-refractivity contribution in [2.75, 3.05) is 5.75 Å². The molecule has 19 heavy (non-hydrogen) atoms. The van der Waals surface area contributed by atoms with Crippen molar-refractivity contribution in [3.8, 4) is 11.1 Å². The molecule has 0 aromatic heterocycles. The molecule has 0 saturated carbocycles. The van der Waals surface area contributed by atoms with E-state index in [9.17, 15) is 0 Å². The van der Waals surface area contributed by atoms with Crippen molar-refractivity contribution in [2.24, 2.45) is 10.7 Å². The van der Waals surface area contributed by atoms with E-state index in [0.717, 1.165) is 12.2 Å². The van der Waals surface area contributed by atoms with E-state index in [2.05, 4.69) is 53.5 Å². The number of nitrogens with zero attached hydrogens (tertiary/aromatic N) is 1. The van der Waals surface area contributed by atoms with Crippen molar-refractivity contribution < 1.29 is 0 Å². The minimum atomic E-state index is 0.228. The second-order valence-corrected chi connectivity index (χ2v) is 5.72. The van der Waals surface area contributed by atoms with Crippen molar-refractivity contribution in [3.63, 3.8) is 0 Å². The fourth-order valence-electron chi connectivity index (χ4n) is 2.30. The number of hydrogen-bond acceptors (Lipinski definition) is 3. The molecule has 0 fully saturated rings. The van der Waals surface area contributed by atoms with Gasteiger partial charge < -0.3 is 5.73 Å². The summed E-state index contributed by atoms with van der Waals surface area (Å²) in [5.74, 6) is 1.06. The zero-order valence-corrected chi connectivity index (χ0v) is 11.4. The first-order chi connectivity index (χ1) is 9.33. The topological polar surface area (TPSA) is 38.4 Å². The lowest BCUT2D eigenvalue weighted by Gasteiger charge is -2.18. The number of aliphatic imine (C=N–C) groups is 1. The molecule has 1 unspecified atom stereocenters. The van der Waals surface area contributed by atoms with Gasteiger partial charge in [0.25, 0.3) is 0 Å². The van der Waals surface area contributed by atoms with E-state index in [0.29, 0.717) is 5.17 Å². The summed E-state index contributed by atoms with van der Waals surface area (Å²) in [6.45, 7) is 0. The third kappa shape index (κ3) is 2.82. The van der Waals surface area contributed by atoms with Gasteiger partial charge in [-0.2, -0.15) is 0 Å². The van der Waals surface area contributed by atoms with Crippen molar-refractivity contribution in [1.29, 1.82) is 0 Å². The summed E-state index contributed by atoms with van der Waals surface area (Å²) in [6.07, 6.45) is 1.07. The van der Waals surface area contributed by atoms with Gasteiger partial charge in [-0.05, 0) is 23.1 Å². The van der Waals surface area contributed by atoms with Crippen molar-refractivity contribution in [1.82, 2.24) is 0 Å². The molecule has 1 atom stereocenters. The normalized spacial score (nSPS) is 18.9. The van der Waals surface area contributed by atoms with Gasteiger partial charge in [-0.15, -0.1) is 0 Å². The molecule has 0 amide bonds. The van der Waals surface area contributed by atoms with Crippen LogP contribution in [0.4, 0.5) is 0 Å². The van der Waals surface area contributed by atoms with E-state index in [-0.39, 0.29) is 6.04 Å². The van der Waals surface area contributed by atoms with E-state index in [1.54, 1.807) is 11.8 Å². The minimum absolute atomic E-state index is 0.228. The number of rotatable bonds is 2. The largest absolute Gasteiger partial charge is 0.379 e. The molecule has 1 heterocycles. The lowest BCUT2D eigenvalue weighted by atomic mass is 10.00. The fraction of sp³-hybridized carbons (Fsp3) is 0.188. The van der Waals surface area contributed by atoms with Crippen LogP contribution in [0.15, 0.2) is 59.6 Å². The van der Waals surface area contributed by atoms with Crippen LogP contribution in [0, 0.1) is 0 Å². The van der Waals surface area contributed by atoms with E-state index in [4.69, 9.17) is 5.73 Å². The standard InChI is InChI=1S/C16H16N2S/c17-16-18-15(10-11-19-16)14-8-6-13(7-9-14)12-4-2-1-3-5-12/h1-9,15H,10-11H2,(H2,17,18). The summed E-state index contributed by atoms with van der Waals surface area (Å²) in [5.41, 5.74) is 9.54. The average Bonchev–Trinajstić information content (AvgIpc) is 2.48. The molecule has 0 spiro atoms. The highest BCUT2D eigenvalue weighted by Crippen LogP contribution is 2.29. The van der Waals surface area contributed by atoms with Gasteiger partial charge in [0.05, 0.1) is 6.04 Å². The first kappa shape index (κ1) is 12.3. The van der Waals surface area contributed by atoms with Crippen molar-refractivity contribution in [2.45, 2.75) is 12.5 Å². The number of benzene rings is 2. The molecule has 2 nitrogen and oxygen atoms in total. The molecule has 2 N–H and O–H groups in total. The molecule has 2 aromatic rings. The van der Waals surface area contributed by atoms with Crippen LogP contribution in [0.25, 0.3) is 11.1 Å². The summed E-state index contributed by atoms with van der Waals surface area (Å²) in [6, 6.07) is 19.3. The SMILES string of the molecule is NC1=NC(c2ccc(-c3ccccc3)cc2)CCS1. The Balaban J connectivity index is 1.85. The third-order valence-corrected chi connectivity index (χ3v) is 4.17. The predicted molar refractivity (Wildman–Crippen MR) is 83.3 cm³/mol. The molecule has 3 heteroatoms. The van der Waals surface area contributed by atoms with Gasteiger partial charge >= 0.3 is 0 Å². The fourth-order valence-corrected chi connectivity index (χ4v) is 3.05. The maximum atomic E-state index is 5.80. The third-order valence-electron chi connectivity index (χ3n) is 3.33. The summed E-state index contributed by atoms with van der Waals surface area (Å²) >= 11 is 1.64. The molecule has 0 saturated heterocycles.